The van der Waals surface area contributed by atoms with Crippen LogP contribution in [-0.2, 0) is 4.74 Å². The molecule has 104 valence electrons. The van der Waals surface area contributed by atoms with Gasteiger partial charge in [0.25, 0.3) is 0 Å². The second-order valence-corrected chi connectivity index (χ2v) is 5.82. The van der Waals surface area contributed by atoms with Gasteiger partial charge in [-0.1, -0.05) is 19.3 Å². The van der Waals surface area contributed by atoms with Crippen molar-refractivity contribution in [3.63, 3.8) is 0 Å². The van der Waals surface area contributed by atoms with Crippen LogP contribution in [0.1, 0.15) is 44.9 Å². The molecule has 0 amide bonds. The van der Waals surface area contributed by atoms with Crippen LogP contribution >= 0.6 is 0 Å². The standard InChI is InChI=1S/C14H27N3O/c1-18-11-8-14(6-3-2-4-7-14)12-16-13(15)17-9-5-10-17/h2-12H2,1H3,(H2,15,16). The first-order valence-corrected chi connectivity index (χ1v) is 7.30. The number of hydrogen-bond acceptors (Lipinski definition) is 2. The Morgan fingerprint density at radius 2 is 1.94 bits per heavy atom. The van der Waals surface area contributed by atoms with Gasteiger partial charge < -0.3 is 15.4 Å². The summed E-state index contributed by atoms with van der Waals surface area (Å²) in [5, 5.41) is 0. The maximum atomic E-state index is 6.03. The van der Waals surface area contributed by atoms with Crippen LogP contribution in [0.15, 0.2) is 4.99 Å². The summed E-state index contributed by atoms with van der Waals surface area (Å²) in [5.41, 5.74) is 6.38. The maximum absolute atomic E-state index is 6.03. The van der Waals surface area contributed by atoms with E-state index >= 15 is 0 Å². The van der Waals surface area contributed by atoms with E-state index in [4.69, 9.17) is 10.5 Å². The monoisotopic (exact) mass is 253 g/mol. The molecule has 0 atom stereocenters. The van der Waals surface area contributed by atoms with Gasteiger partial charge in [-0.25, -0.2) is 0 Å². The Balaban J connectivity index is 1.91. The smallest absolute Gasteiger partial charge is 0.191 e. The highest BCUT2D eigenvalue weighted by molar-refractivity contribution is 5.78. The number of nitrogens with two attached hydrogens (primary N) is 1. The Labute approximate surface area is 111 Å². The highest BCUT2D eigenvalue weighted by Crippen LogP contribution is 2.39. The third-order valence-electron chi connectivity index (χ3n) is 4.51. The molecule has 1 saturated carbocycles. The Kier molecular flexibility index (Phi) is 4.87. The molecular formula is C14H27N3O. The number of ether oxygens (including phenoxy) is 1. The molecule has 4 nitrogen and oxygen atoms in total. The van der Waals surface area contributed by atoms with E-state index in [-0.39, 0.29) is 0 Å². The average molecular weight is 253 g/mol. The molecule has 1 heterocycles. The lowest BCUT2D eigenvalue weighted by Gasteiger charge is -2.37. The Hall–Kier alpha value is -0.770. The molecule has 0 spiro atoms. The van der Waals surface area contributed by atoms with Gasteiger partial charge in [0.05, 0.1) is 0 Å². The van der Waals surface area contributed by atoms with Crippen molar-refractivity contribution < 1.29 is 4.74 Å². The number of hydrogen-bond donors (Lipinski definition) is 1. The van der Waals surface area contributed by atoms with Crippen molar-refractivity contribution >= 4 is 5.96 Å². The third-order valence-corrected chi connectivity index (χ3v) is 4.51. The molecule has 2 rings (SSSR count). The predicted molar refractivity (Wildman–Crippen MR) is 74.7 cm³/mol. The number of aliphatic imine (C=N–C) groups is 1. The van der Waals surface area contributed by atoms with Crippen molar-refractivity contribution in [3.05, 3.63) is 0 Å². The van der Waals surface area contributed by atoms with Crippen molar-refractivity contribution in [2.75, 3.05) is 33.4 Å². The minimum absolute atomic E-state index is 0.351. The average Bonchev–Trinajstić information content (AvgIpc) is 2.33. The van der Waals surface area contributed by atoms with E-state index in [0.29, 0.717) is 5.41 Å². The number of methoxy groups -OCH3 is 1. The lowest BCUT2D eigenvalue weighted by Crippen LogP contribution is -2.47. The Morgan fingerprint density at radius 3 is 2.50 bits per heavy atom. The Bertz CT molecular complexity index is 281. The second kappa shape index (κ2) is 6.41. The first-order chi connectivity index (χ1) is 8.76. The molecule has 1 aliphatic heterocycles. The van der Waals surface area contributed by atoms with Crippen molar-refractivity contribution in [2.45, 2.75) is 44.9 Å². The molecule has 18 heavy (non-hydrogen) atoms. The fraction of sp³-hybridized carbons (Fsp3) is 0.929. The van der Waals surface area contributed by atoms with E-state index in [1.54, 1.807) is 7.11 Å². The van der Waals surface area contributed by atoms with Crippen LogP contribution < -0.4 is 5.73 Å². The van der Waals surface area contributed by atoms with E-state index in [1.807, 2.05) is 0 Å². The zero-order chi connectivity index (χ0) is 12.8. The summed E-state index contributed by atoms with van der Waals surface area (Å²) >= 11 is 0. The van der Waals surface area contributed by atoms with Gasteiger partial charge in [-0.3, -0.25) is 4.99 Å². The molecule has 2 fully saturated rings. The summed E-state index contributed by atoms with van der Waals surface area (Å²) < 4.78 is 5.27. The summed E-state index contributed by atoms with van der Waals surface area (Å²) in [6, 6.07) is 0. The lowest BCUT2D eigenvalue weighted by atomic mass is 9.72. The minimum atomic E-state index is 0.351. The van der Waals surface area contributed by atoms with Gasteiger partial charge in [0, 0.05) is 33.4 Å². The summed E-state index contributed by atoms with van der Waals surface area (Å²) in [5.74, 6) is 0.753. The second-order valence-electron chi connectivity index (χ2n) is 5.82. The maximum Gasteiger partial charge on any atom is 0.191 e. The number of guanidine groups is 1. The summed E-state index contributed by atoms with van der Waals surface area (Å²) in [7, 11) is 1.79. The van der Waals surface area contributed by atoms with E-state index in [9.17, 15) is 0 Å². The fourth-order valence-electron chi connectivity index (χ4n) is 3.00. The topological polar surface area (TPSA) is 50.9 Å². The quantitative estimate of drug-likeness (QED) is 0.602. The van der Waals surface area contributed by atoms with E-state index in [0.717, 1.165) is 38.6 Å². The first kappa shape index (κ1) is 13.7. The molecule has 0 aromatic carbocycles. The number of nitrogens with zero attached hydrogens (tertiary/aromatic N) is 2. The van der Waals surface area contributed by atoms with Crippen LogP contribution in [0.4, 0.5) is 0 Å². The highest BCUT2D eigenvalue weighted by Gasteiger charge is 2.31. The molecule has 0 radical (unpaired) electrons. The van der Waals surface area contributed by atoms with Gasteiger partial charge >= 0.3 is 0 Å². The minimum Gasteiger partial charge on any atom is -0.385 e. The van der Waals surface area contributed by atoms with Gasteiger partial charge in [0.15, 0.2) is 5.96 Å². The largest absolute Gasteiger partial charge is 0.385 e. The molecule has 0 bridgehead atoms. The summed E-state index contributed by atoms with van der Waals surface area (Å²) in [4.78, 5) is 6.83. The van der Waals surface area contributed by atoms with Gasteiger partial charge in [-0.2, -0.15) is 0 Å². The summed E-state index contributed by atoms with van der Waals surface area (Å²) in [6.07, 6.45) is 9.00. The zero-order valence-corrected chi connectivity index (χ0v) is 11.7. The molecule has 1 saturated heterocycles. The fourth-order valence-corrected chi connectivity index (χ4v) is 3.00. The lowest BCUT2D eigenvalue weighted by molar-refractivity contribution is 0.108. The Morgan fingerprint density at radius 1 is 1.22 bits per heavy atom. The predicted octanol–water partition coefficient (Wildman–Crippen LogP) is 1.99. The van der Waals surface area contributed by atoms with Crippen molar-refractivity contribution in [1.29, 1.82) is 0 Å². The van der Waals surface area contributed by atoms with E-state index in [1.165, 1.54) is 38.5 Å². The van der Waals surface area contributed by atoms with Crippen molar-refractivity contribution in [1.82, 2.24) is 4.90 Å². The molecule has 0 unspecified atom stereocenters. The van der Waals surface area contributed by atoms with Crippen molar-refractivity contribution in [3.8, 4) is 0 Å². The zero-order valence-electron chi connectivity index (χ0n) is 11.7. The normalized spacial score (nSPS) is 23.8. The van der Waals surface area contributed by atoms with Crippen LogP contribution in [0.5, 0.6) is 0 Å². The molecule has 2 N–H and O–H groups in total. The van der Waals surface area contributed by atoms with Gasteiger partial charge in [0.2, 0.25) is 0 Å². The molecule has 4 heteroatoms. The molecule has 0 aromatic heterocycles. The van der Waals surface area contributed by atoms with E-state index in [2.05, 4.69) is 9.89 Å². The molecule has 0 aromatic rings. The van der Waals surface area contributed by atoms with E-state index < -0.39 is 0 Å². The third kappa shape index (κ3) is 3.37. The molecule has 2 aliphatic rings. The molecular weight excluding hydrogens is 226 g/mol. The summed E-state index contributed by atoms with van der Waals surface area (Å²) in [6.45, 7) is 3.90. The van der Waals surface area contributed by atoms with Crippen LogP contribution in [-0.4, -0.2) is 44.2 Å². The van der Waals surface area contributed by atoms with Crippen molar-refractivity contribution in [2.24, 2.45) is 16.1 Å². The number of likely N-dealkylation sites (tertiary alicyclic amines) is 1. The number of rotatable bonds is 5. The molecule has 1 aliphatic carbocycles. The van der Waals surface area contributed by atoms with Crippen LogP contribution in [0.25, 0.3) is 0 Å². The van der Waals surface area contributed by atoms with Crippen LogP contribution in [0.2, 0.25) is 0 Å². The highest BCUT2D eigenvalue weighted by atomic mass is 16.5. The van der Waals surface area contributed by atoms with Gasteiger partial charge in [-0.05, 0) is 31.1 Å². The SMILES string of the molecule is COCCC1(CN=C(N)N2CCC2)CCCCC1. The first-order valence-electron chi connectivity index (χ1n) is 7.30. The van der Waals surface area contributed by atoms with Gasteiger partial charge in [0.1, 0.15) is 0 Å². The van der Waals surface area contributed by atoms with Crippen LogP contribution in [0, 0.1) is 5.41 Å². The van der Waals surface area contributed by atoms with Crippen LogP contribution in [0.3, 0.4) is 0 Å². The van der Waals surface area contributed by atoms with Gasteiger partial charge in [-0.15, -0.1) is 0 Å².